The van der Waals surface area contributed by atoms with Crippen LogP contribution in [0.2, 0.25) is 0 Å². The van der Waals surface area contributed by atoms with Crippen LogP contribution in [0.1, 0.15) is 37.4 Å². The third-order valence-corrected chi connectivity index (χ3v) is 4.63. The van der Waals surface area contributed by atoms with Gasteiger partial charge in [0.05, 0.1) is 25.3 Å². The van der Waals surface area contributed by atoms with E-state index >= 15 is 0 Å². The van der Waals surface area contributed by atoms with Crippen molar-refractivity contribution in [3.63, 3.8) is 0 Å². The molecule has 1 unspecified atom stereocenters. The number of nitrogens with zero attached hydrogens (tertiary/aromatic N) is 1. The lowest BCUT2D eigenvalue weighted by Gasteiger charge is -2.28. The number of carbonyl (C=O) groups excluding carboxylic acids is 1. The molecule has 0 saturated heterocycles. The zero-order valence-corrected chi connectivity index (χ0v) is 16.3. The molecule has 1 aliphatic heterocycles. The predicted octanol–water partition coefficient (Wildman–Crippen LogP) is 1.73. The average Bonchev–Trinajstić information content (AvgIpc) is 2.65. The Kier molecular flexibility index (Phi) is 5.43. The number of hydrogen-bond acceptors (Lipinski definition) is 5. The molecule has 2 amide bonds. The van der Waals surface area contributed by atoms with Crippen LogP contribution in [0.25, 0.3) is 0 Å². The molecule has 2 aromatic rings. The molecule has 0 radical (unpaired) electrons. The summed E-state index contributed by atoms with van der Waals surface area (Å²) < 4.78 is 12.4. The van der Waals surface area contributed by atoms with E-state index in [0.717, 1.165) is 6.42 Å². The number of urea groups is 1. The second-order valence-electron chi connectivity index (χ2n) is 7.05. The minimum atomic E-state index is -0.738. The van der Waals surface area contributed by atoms with E-state index in [2.05, 4.69) is 29.5 Å². The highest BCUT2D eigenvalue weighted by Crippen LogP contribution is 2.34. The molecule has 1 aliphatic rings. The number of fused-ring (bicyclic) bond motifs is 1. The number of ether oxygens (including phenoxy) is 2. The lowest BCUT2D eigenvalue weighted by atomic mass is 9.98. The summed E-state index contributed by atoms with van der Waals surface area (Å²) in [5, 5.41) is 5.25. The number of carbonyl (C=O) groups is 1. The lowest BCUT2D eigenvalue weighted by molar-refractivity contribution is 0.248. The highest BCUT2D eigenvalue weighted by molar-refractivity contribution is 5.92. The zero-order chi connectivity index (χ0) is 20.4. The van der Waals surface area contributed by atoms with Gasteiger partial charge in [0.25, 0.3) is 5.56 Å². The molecule has 28 heavy (non-hydrogen) atoms. The smallest absolute Gasteiger partial charge is 0.329 e. The van der Waals surface area contributed by atoms with Crippen molar-refractivity contribution in [2.24, 2.45) is 13.0 Å². The van der Waals surface area contributed by atoms with Gasteiger partial charge in [0.15, 0.2) is 11.5 Å². The molecule has 0 spiro atoms. The maximum absolute atomic E-state index is 12.4. The molecule has 3 rings (SSSR count). The number of benzene rings is 1. The third kappa shape index (κ3) is 3.73. The molecule has 2 heterocycles. The Bertz CT molecular complexity index is 1010. The van der Waals surface area contributed by atoms with Crippen molar-refractivity contribution in [1.29, 1.82) is 0 Å². The first kappa shape index (κ1) is 19.5. The van der Waals surface area contributed by atoms with Gasteiger partial charge in [0, 0.05) is 7.05 Å². The Labute approximate surface area is 161 Å². The van der Waals surface area contributed by atoms with Gasteiger partial charge in [-0.1, -0.05) is 19.9 Å². The summed E-state index contributed by atoms with van der Waals surface area (Å²) in [6.07, 6.45) is 0.909. The van der Waals surface area contributed by atoms with Gasteiger partial charge in [0.1, 0.15) is 5.82 Å². The Morgan fingerprint density at radius 3 is 2.61 bits per heavy atom. The van der Waals surface area contributed by atoms with Gasteiger partial charge < -0.3 is 14.8 Å². The number of anilines is 1. The van der Waals surface area contributed by atoms with Crippen molar-refractivity contribution < 1.29 is 14.3 Å². The van der Waals surface area contributed by atoms with E-state index in [-0.39, 0.29) is 11.4 Å². The second-order valence-corrected chi connectivity index (χ2v) is 7.05. The van der Waals surface area contributed by atoms with E-state index in [1.54, 1.807) is 18.2 Å². The molecule has 9 nitrogen and oxygen atoms in total. The van der Waals surface area contributed by atoms with Gasteiger partial charge in [-0.05, 0) is 30.0 Å². The molecule has 9 heteroatoms. The molecule has 150 valence electrons. The molecular weight excluding hydrogens is 364 g/mol. The summed E-state index contributed by atoms with van der Waals surface area (Å²) >= 11 is 0. The van der Waals surface area contributed by atoms with Crippen molar-refractivity contribution in [1.82, 2.24) is 14.9 Å². The van der Waals surface area contributed by atoms with Crippen LogP contribution >= 0.6 is 0 Å². The monoisotopic (exact) mass is 388 g/mol. The standard InChI is InChI=1S/C19H24N4O5/c1-10(2)7-8-28-12-6-5-11(9-13(12)27-4)15-14-16(21-18(25)20-15)23(3)19(26)22-17(14)24/h5-6,9-10,15H,7-8H2,1-4H3,(H2,20,21,25)(H,22,24,26). The minimum Gasteiger partial charge on any atom is -0.493 e. The van der Waals surface area contributed by atoms with Crippen LogP contribution in [0.15, 0.2) is 27.8 Å². The van der Waals surface area contributed by atoms with Crippen LogP contribution in [-0.2, 0) is 7.05 Å². The number of methoxy groups -OCH3 is 1. The van der Waals surface area contributed by atoms with Crippen LogP contribution < -0.4 is 31.4 Å². The number of nitrogens with one attached hydrogen (secondary N) is 3. The van der Waals surface area contributed by atoms with Gasteiger partial charge in [-0.25, -0.2) is 9.59 Å². The Balaban J connectivity index is 2.01. The van der Waals surface area contributed by atoms with Gasteiger partial charge in [-0.15, -0.1) is 0 Å². The molecule has 0 saturated carbocycles. The topological polar surface area (TPSA) is 114 Å². The van der Waals surface area contributed by atoms with Gasteiger partial charge in [-0.2, -0.15) is 0 Å². The van der Waals surface area contributed by atoms with Crippen molar-refractivity contribution in [3.05, 3.63) is 50.2 Å². The fourth-order valence-electron chi connectivity index (χ4n) is 3.04. The van der Waals surface area contributed by atoms with E-state index < -0.39 is 23.3 Å². The van der Waals surface area contributed by atoms with E-state index in [0.29, 0.717) is 29.6 Å². The summed E-state index contributed by atoms with van der Waals surface area (Å²) in [5.41, 5.74) is -0.284. The first-order valence-electron chi connectivity index (χ1n) is 9.03. The number of aromatic nitrogens is 2. The summed E-state index contributed by atoms with van der Waals surface area (Å²) in [4.78, 5) is 38.7. The first-order valence-corrected chi connectivity index (χ1v) is 9.03. The summed E-state index contributed by atoms with van der Waals surface area (Å²) in [6, 6.07) is 3.98. The molecule has 0 fully saturated rings. The first-order chi connectivity index (χ1) is 13.3. The molecular formula is C19H24N4O5. The highest BCUT2D eigenvalue weighted by Gasteiger charge is 2.31. The second kappa shape index (κ2) is 7.79. The Morgan fingerprint density at radius 1 is 1.18 bits per heavy atom. The molecule has 0 bridgehead atoms. The number of hydrogen-bond donors (Lipinski definition) is 3. The number of amides is 2. The van der Waals surface area contributed by atoms with Crippen LogP contribution in [-0.4, -0.2) is 29.3 Å². The summed E-state index contributed by atoms with van der Waals surface area (Å²) in [5.74, 6) is 1.77. The largest absolute Gasteiger partial charge is 0.493 e. The van der Waals surface area contributed by atoms with Crippen molar-refractivity contribution in [2.75, 3.05) is 19.0 Å². The maximum atomic E-state index is 12.4. The number of rotatable bonds is 6. The quantitative estimate of drug-likeness (QED) is 0.697. The zero-order valence-electron chi connectivity index (χ0n) is 16.3. The Hall–Kier alpha value is -3.23. The number of H-pyrrole nitrogens is 1. The van der Waals surface area contributed by atoms with E-state index in [1.165, 1.54) is 18.7 Å². The number of aromatic amines is 1. The molecule has 3 N–H and O–H groups in total. The highest BCUT2D eigenvalue weighted by atomic mass is 16.5. The molecule has 0 aliphatic carbocycles. The SMILES string of the molecule is COc1cc(C2NC(=O)Nc3c2c(=O)[nH]c(=O)n3C)ccc1OCCC(C)C. The van der Waals surface area contributed by atoms with Crippen LogP contribution in [0.4, 0.5) is 10.6 Å². The van der Waals surface area contributed by atoms with Crippen molar-refractivity contribution in [2.45, 2.75) is 26.3 Å². The van der Waals surface area contributed by atoms with Crippen LogP contribution in [0, 0.1) is 5.92 Å². The fourth-order valence-corrected chi connectivity index (χ4v) is 3.04. The average molecular weight is 388 g/mol. The Morgan fingerprint density at radius 2 is 1.93 bits per heavy atom. The lowest BCUT2D eigenvalue weighted by Crippen LogP contribution is -2.46. The molecule has 1 aromatic heterocycles. The maximum Gasteiger partial charge on any atom is 0.329 e. The molecule has 1 atom stereocenters. The fraction of sp³-hybridized carbons (Fsp3) is 0.421. The van der Waals surface area contributed by atoms with Crippen LogP contribution in [0.3, 0.4) is 0 Å². The van der Waals surface area contributed by atoms with Crippen molar-refractivity contribution >= 4 is 11.8 Å². The van der Waals surface area contributed by atoms with E-state index in [1.807, 2.05) is 0 Å². The predicted molar refractivity (Wildman–Crippen MR) is 104 cm³/mol. The summed E-state index contributed by atoms with van der Waals surface area (Å²) in [6.45, 7) is 4.79. The van der Waals surface area contributed by atoms with Crippen LogP contribution in [0.5, 0.6) is 11.5 Å². The van der Waals surface area contributed by atoms with Gasteiger partial charge in [-0.3, -0.25) is 19.7 Å². The molecule has 1 aromatic carbocycles. The van der Waals surface area contributed by atoms with Crippen molar-refractivity contribution in [3.8, 4) is 11.5 Å². The minimum absolute atomic E-state index is 0.165. The normalized spacial score (nSPS) is 15.6. The third-order valence-electron chi connectivity index (χ3n) is 4.63. The van der Waals surface area contributed by atoms with E-state index in [4.69, 9.17) is 9.47 Å². The van der Waals surface area contributed by atoms with Gasteiger partial charge in [0.2, 0.25) is 0 Å². The van der Waals surface area contributed by atoms with E-state index in [9.17, 15) is 14.4 Å². The summed E-state index contributed by atoms with van der Waals surface area (Å²) in [7, 11) is 3.01. The van der Waals surface area contributed by atoms with Gasteiger partial charge >= 0.3 is 11.7 Å².